The van der Waals surface area contributed by atoms with Gasteiger partial charge >= 0.3 is 5.97 Å². The summed E-state index contributed by atoms with van der Waals surface area (Å²) in [6.45, 7) is 2.68. The highest BCUT2D eigenvalue weighted by Crippen LogP contribution is 2.32. The van der Waals surface area contributed by atoms with Gasteiger partial charge in [-0.05, 0) is 61.8 Å². The van der Waals surface area contributed by atoms with Crippen LogP contribution in [0.1, 0.15) is 42.9 Å². The third-order valence-electron chi connectivity index (χ3n) is 3.93. The van der Waals surface area contributed by atoms with Gasteiger partial charge in [0.15, 0.2) is 0 Å². The second kappa shape index (κ2) is 7.46. The minimum Gasteiger partial charge on any atom is -0.494 e. The molecule has 1 atom stereocenters. The monoisotopic (exact) mass is 291 g/mol. The highest BCUT2D eigenvalue weighted by Gasteiger charge is 2.22. The Hall–Kier alpha value is -1.55. The number of benzene rings is 1. The van der Waals surface area contributed by atoms with Gasteiger partial charge in [-0.25, -0.2) is 0 Å². The number of nitrogens with two attached hydrogens (primary N) is 1. The van der Waals surface area contributed by atoms with Crippen molar-refractivity contribution in [1.29, 1.82) is 0 Å². The van der Waals surface area contributed by atoms with E-state index in [1.165, 1.54) is 23.8 Å². The zero-order valence-electron chi connectivity index (χ0n) is 13.0. The topological polar surface area (TPSA) is 61.5 Å². The standard InChI is InChI=1S/C17H25NO3/c1-3-21-16-9-12(6-4-5-7-17(19)20-2)8-13-10-14(18)11-15(13)16/h8-9,14H,3-7,10-11,18H2,1-2H3. The smallest absolute Gasteiger partial charge is 0.305 e. The van der Waals surface area contributed by atoms with E-state index in [1.807, 2.05) is 6.92 Å². The summed E-state index contributed by atoms with van der Waals surface area (Å²) in [4.78, 5) is 11.1. The van der Waals surface area contributed by atoms with Crippen molar-refractivity contribution in [2.24, 2.45) is 5.73 Å². The number of rotatable bonds is 7. The first-order chi connectivity index (χ1) is 10.1. The molecule has 21 heavy (non-hydrogen) atoms. The Bertz CT molecular complexity index is 499. The van der Waals surface area contributed by atoms with Crippen molar-refractivity contribution in [3.8, 4) is 5.75 Å². The molecule has 0 spiro atoms. The number of ether oxygens (including phenoxy) is 2. The van der Waals surface area contributed by atoms with E-state index in [9.17, 15) is 4.79 Å². The van der Waals surface area contributed by atoms with Crippen molar-refractivity contribution >= 4 is 5.97 Å². The van der Waals surface area contributed by atoms with Crippen molar-refractivity contribution in [3.05, 3.63) is 28.8 Å². The van der Waals surface area contributed by atoms with E-state index in [4.69, 9.17) is 10.5 Å². The van der Waals surface area contributed by atoms with E-state index in [1.54, 1.807) is 0 Å². The lowest BCUT2D eigenvalue weighted by atomic mass is 10.0. The van der Waals surface area contributed by atoms with E-state index in [2.05, 4.69) is 16.9 Å². The van der Waals surface area contributed by atoms with Crippen LogP contribution in [0.5, 0.6) is 5.75 Å². The summed E-state index contributed by atoms with van der Waals surface area (Å²) in [5.41, 5.74) is 9.95. The lowest BCUT2D eigenvalue weighted by Gasteiger charge is -2.12. The maximum Gasteiger partial charge on any atom is 0.305 e. The van der Waals surface area contributed by atoms with Gasteiger partial charge in [-0.1, -0.05) is 6.07 Å². The average molecular weight is 291 g/mol. The van der Waals surface area contributed by atoms with Crippen LogP contribution in [0, 0.1) is 0 Å². The van der Waals surface area contributed by atoms with Gasteiger partial charge in [0.2, 0.25) is 0 Å². The maximum absolute atomic E-state index is 11.1. The molecule has 116 valence electrons. The first-order valence-corrected chi connectivity index (χ1v) is 7.74. The van der Waals surface area contributed by atoms with E-state index in [0.29, 0.717) is 13.0 Å². The molecule has 4 nitrogen and oxygen atoms in total. The zero-order valence-corrected chi connectivity index (χ0v) is 13.0. The Morgan fingerprint density at radius 3 is 2.86 bits per heavy atom. The second-order valence-electron chi connectivity index (χ2n) is 5.62. The van der Waals surface area contributed by atoms with Crippen molar-refractivity contribution in [2.45, 2.75) is 51.5 Å². The molecule has 1 aliphatic rings. The molecule has 1 unspecified atom stereocenters. The van der Waals surface area contributed by atoms with Crippen LogP contribution >= 0.6 is 0 Å². The number of fused-ring (bicyclic) bond motifs is 1. The van der Waals surface area contributed by atoms with E-state index >= 15 is 0 Å². The average Bonchev–Trinajstić information content (AvgIpc) is 2.84. The Balaban J connectivity index is 1.99. The predicted octanol–water partition coefficient (Wildman–Crippen LogP) is 2.40. The highest BCUT2D eigenvalue weighted by atomic mass is 16.5. The van der Waals surface area contributed by atoms with Crippen LogP contribution in [0.4, 0.5) is 0 Å². The number of methoxy groups -OCH3 is 1. The zero-order chi connectivity index (χ0) is 15.2. The van der Waals surface area contributed by atoms with Gasteiger partial charge in [0.05, 0.1) is 13.7 Å². The molecule has 0 saturated carbocycles. The molecule has 0 aliphatic heterocycles. The van der Waals surface area contributed by atoms with Gasteiger partial charge in [-0.15, -0.1) is 0 Å². The van der Waals surface area contributed by atoms with Crippen LogP contribution in [0.25, 0.3) is 0 Å². The lowest BCUT2D eigenvalue weighted by molar-refractivity contribution is -0.140. The molecular formula is C17H25NO3. The first kappa shape index (κ1) is 15.8. The number of carbonyl (C=O) groups excluding carboxylic acids is 1. The fourth-order valence-electron chi connectivity index (χ4n) is 2.93. The van der Waals surface area contributed by atoms with Crippen LogP contribution < -0.4 is 10.5 Å². The molecule has 0 fully saturated rings. The first-order valence-electron chi connectivity index (χ1n) is 7.74. The molecule has 1 aromatic rings. The van der Waals surface area contributed by atoms with Crippen LogP contribution in [0.15, 0.2) is 12.1 Å². The van der Waals surface area contributed by atoms with Crippen LogP contribution in [-0.4, -0.2) is 25.7 Å². The third kappa shape index (κ3) is 4.21. The summed E-state index contributed by atoms with van der Waals surface area (Å²) in [7, 11) is 1.43. The van der Waals surface area contributed by atoms with Crippen molar-refractivity contribution < 1.29 is 14.3 Å². The number of carbonyl (C=O) groups is 1. The minimum absolute atomic E-state index is 0.134. The molecule has 0 heterocycles. The quantitative estimate of drug-likeness (QED) is 0.619. The molecule has 2 rings (SSSR count). The predicted molar refractivity (Wildman–Crippen MR) is 82.6 cm³/mol. The van der Waals surface area contributed by atoms with Crippen LogP contribution in [0.2, 0.25) is 0 Å². The summed E-state index contributed by atoms with van der Waals surface area (Å²) >= 11 is 0. The SMILES string of the molecule is CCOc1cc(CCCCC(=O)OC)cc2c1CC(N)C2. The molecule has 0 amide bonds. The number of aryl methyl sites for hydroxylation is 1. The van der Waals surface area contributed by atoms with E-state index in [0.717, 1.165) is 37.9 Å². The Labute approximate surface area is 126 Å². The molecule has 0 aromatic heterocycles. The number of unbranched alkanes of at least 4 members (excludes halogenated alkanes) is 1. The fourth-order valence-corrected chi connectivity index (χ4v) is 2.93. The Kier molecular flexibility index (Phi) is 5.62. The van der Waals surface area contributed by atoms with Gasteiger partial charge in [-0.3, -0.25) is 4.79 Å². The number of esters is 1. The molecule has 1 aromatic carbocycles. The molecule has 0 bridgehead atoms. The van der Waals surface area contributed by atoms with Gasteiger partial charge in [-0.2, -0.15) is 0 Å². The highest BCUT2D eigenvalue weighted by molar-refractivity contribution is 5.68. The lowest BCUT2D eigenvalue weighted by Crippen LogP contribution is -2.19. The van der Waals surface area contributed by atoms with Crippen molar-refractivity contribution in [3.63, 3.8) is 0 Å². The molecule has 1 aliphatic carbocycles. The van der Waals surface area contributed by atoms with Crippen molar-refractivity contribution in [2.75, 3.05) is 13.7 Å². The van der Waals surface area contributed by atoms with Gasteiger partial charge in [0.25, 0.3) is 0 Å². The van der Waals surface area contributed by atoms with Gasteiger partial charge < -0.3 is 15.2 Å². The summed E-state index contributed by atoms with van der Waals surface area (Å²) in [6, 6.07) is 4.61. The summed E-state index contributed by atoms with van der Waals surface area (Å²) in [6.07, 6.45) is 5.13. The summed E-state index contributed by atoms with van der Waals surface area (Å²) in [5, 5.41) is 0. The van der Waals surface area contributed by atoms with Crippen LogP contribution in [0.3, 0.4) is 0 Å². The Morgan fingerprint density at radius 1 is 1.33 bits per heavy atom. The fraction of sp³-hybridized carbons (Fsp3) is 0.588. The van der Waals surface area contributed by atoms with Crippen molar-refractivity contribution in [1.82, 2.24) is 0 Å². The largest absolute Gasteiger partial charge is 0.494 e. The number of hydrogen-bond acceptors (Lipinski definition) is 4. The number of hydrogen-bond donors (Lipinski definition) is 1. The second-order valence-corrected chi connectivity index (χ2v) is 5.62. The molecule has 0 radical (unpaired) electrons. The molecule has 4 heteroatoms. The summed E-state index contributed by atoms with van der Waals surface area (Å²) < 4.78 is 10.4. The maximum atomic E-state index is 11.1. The molecular weight excluding hydrogens is 266 g/mol. The minimum atomic E-state index is -0.134. The summed E-state index contributed by atoms with van der Waals surface area (Å²) in [5.74, 6) is 0.857. The molecule has 0 saturated heterocycles. The normalized spacial score (nSPS) is 16.6. The Morgan fingerprint density at radius 2 is 2.14 bits per heavy atom. The van der Waals surface area contributed by atoms with E-state index in [-0.39, 0.29) is 12.0 Å². The van der Waals surface area contributed by atoms with Gasteiger partial charge in [0, 0.05) is 12.5 Å². The van der Waals surface area contributed by atoms with Crippen LogP contribution in [-0.2, 0) is 28.8 Å². The third-order valence-corrected chi connectivity index (χ3v) is 3.93. The molecule has 2 N–H and O–H groups in total. The van der Waals surface area contributed by atoms with Gasteiger partial charge in [0.1, 0.15) is 5.75 Å². The van der Waals surface area contributed by atoms with E-state index < -0.39 is 0 Å².